The average molecular weight is 535 g/mol. The van der Waals surface area contributed by atoms with E-state index in [0.717, 1.165) is 29.5 Å². The van der Waals surface area contributed by atoms with Gasteiger partial charge in [0, 0.05) is 31.3 Å². The number of amides is 2. The smallest absolute Gasteiger partial charge is 0.249 e. The number of aryl methyl sites for hydroxylation is 1. The molecule has 0 aliphatic carbocycles. The topological polar surface area (TPSA) is 117 Å². The van der Waals surface area contributed by atoms with Crippen LogP contribution in [0.5, 0.6) is 5.75 Å². The number of imidazole rings is 1. The Morgan fingerprint density at radius 1 is 1.15 bits per heavy atom. The fraction of sp³-hybridized carbons (Fsp3) is 0.433. The Morgan fingerprint density at radius 2 is 1.90 bits per heavy atom. The highest BCUT2D eigenvalue weighted by Crippen LogP contribution is 2.38. The summed E-state index contributed by atoms with van der Waals surface area (Å²) in [5, 5.41) is 13.3. The fourth-order valence-electron chi connectivity index (χ4n) is 4.94. The Kier molecular flexibility index (Phi) is 9.37. The molecule has 9 nitrogen and oxygen atoms in total. The van der Waals surface area contributed by atoms with Crippen LogP contribution < -0.4 is 10.1 Å². The van der Waals surface area contributed by atoms with E-state index in [1.165, 1.54) is 6.33 Å². The molecule has 39 heavy (non-hydrogen) atoms. The van der Waals surface area contributed by atoms with Gasteiger partial charge in [0.05, 0.1) is 26.5 Å². The molecule has 1 aromatic heterocycles. The standard InChI is InChI=1S/C30H38N4O5/c1-4-5-14-39-30(25-9-7-6-8-21(25)2)18-34(19-30)29(37)26(15-22-10-12-24(38-3)13-11-22)33-28(36)27(35)16-23-17-31-20-32-23/h6-13,17,20,26-27,35H,4-5,14-16,18-19H2,1-3H3,(H,31,32)(H,33,36). The molecule has 1 aliphatic rings. The monoisotopic (exact) mass is 534 g/mol. The second kappa shape index (κ2) is 12.9. The van der Waals surface area contributed by atoms with E-state index in [2.05, 4.69) is 41.3 Å². The molecule has 2 heterocycles. The molecule has 3 N–H and O–H groups in total. The third-order valence-corrected chi connectivity index (χ3v) is 7.20. The normalized spacial score (nSPS) is 15.7. The molecule has 1 aliphatic heterocycles. The van der Waals surface area contributed by atoms with E-state index in [9.17, 15) is 14.7 Å². The van der Waals surface area contributed by atoms with Gasteiger partial charge < -0.3 is 29.8 Å². The number of ether oxygens (including phenoxy) is 2. The number of aromatic nitrogens is 2. The number of hydrogen-bond donors (Lipinski definition) is 3. The minimum Gasteiger partial charge on any atom is -0.497 e. The lowest BCUT2D eigenvalue weighted by atomic mass is 9.82. The number of aliphatic hydroxyl groups excluding tert-OH is 1. The number of aromatic amines is 1. The van der Waals surface area contributed by atoms with Gasteiger partial charge in [-0.1, -0.05) is 49.7 Å². The summed E-state index contributed by atoms with van der Waals surface area (Å²) in [6, 6.07) is 14.6. The molecular formula is C30H38N4O5. The van der Waals surface area contributed by atoms with Crippen LogP contribution in [-0.2, 0) is 32.8 Å². The van der Waals surface area contributed by atoms with Crippen LogP contribution in [0.25, 0.3) is 0 Å². The lowest BCUT2D eigenvalue weighted by molar-refractivity contribution is -0.175. The number of H-pyrrole nitrogens is 1. The van der Waals surface area contributed by atoms with Crippen LogP contribution in [0.1, 0.15) is 42.1 Å². The lowest BCUT2D eigenvalue weighted by Crippen LogP contribution is -2.66. The van der Waals surface area contributed by atoms with Crippen molar-refractivity contribution < 1.29 is 24.2 Å². The van der Waals surface area contributed by atoms with Crippen molar-refractivity contribution in [1.29, 1.82) is 0 Å². The zero-order chi connectivity index (χ0) is 27.8. The summed E-state index contributed by atoms with van der Waals surface area (Å²) in [6.45, 7) is 5.57. The molecular weight excluding hydrogens is 496 g/mol. The first-order valence-electron chi connectivity index (χ1n) is 13.4. The summed E-state index contributed by atoms with van der Waals surface area (Å²) in [7, 11) is 1.59. The van der Waals surface area contributed by atoms with Gasteiger partial charge in [0.15, 0.2) is 0 Å². The first kappa shape index (κ1) is 28.3. The number of nitrogens with one attached hydrogen (secondary N) is 2. The Bertz CT molecular complexity index is 1220. The molecule has 1 fully saturated rings. The van der Waals surface area contributed by atoms with Crippen molar-refractivity contribution in [1.82, 2.24) is 20.2 Å². The Labute approximate surface area is 229 Å². The number of aliphatic hydroxyl groups is 1. The maximum Gasteiger partial charge on any atom is 0.249 e. The minimum absolute atomic E-state index is 0.0701. The number of nitrogens with zero attached hydrogens (tertiary/aromatic N) is 2. The van der Waals surface area contributed by atoms with Crippen molar-refractivity contribution in [2.75, 3.05) is 26.8 Å². The molecule has 3 aromatic rings. The number of rotatable bonds is 13. The van der Waals surface area contributed by atoms with Gasteiger partial charge in [-0.3, -0.25) is 9.59 Å². The van der Waals surface area contributed by atoms with Crippen molar-refractivity contribution in [3.05, 3.63) is 83.4 Å². The van der Waals surface area contributed by atoms with Gasteiger partial charge in [-0.25, -0.2) is 4.98 Å². The van der Waals surface area contributed by atoms with Gasteiger partial charge in [-0.05, 0) is 42.2 Å². The number of carbonyl (C=O) groups excluding carboxylic acids is 2. The van der Waals surface area contributed by atoms with Crippen molar-refractivity contribution in [3.63, 3.8) is 0 Å². The molecule has 0 spiro atoms. The Morgan fingerprint density at radius 3 is 2.54 bits per heavy atom. The van der Waals surface area contributed by atoms with Crippen LogP contribution in [-0.4, -0.2) is 70.7 Å². The summed E-state index contributed by atoms with van der Waals surface area (Å²) >= 11 is 0. The number of methoxy groups -OCH3 is 1. The highest BCUT2D eigenvalue weighted by Gasteiger charge is 2.49. The SMILES string of the molecule is CCCCOC1(c2ccccc2C)CN(C(=O)C(Cc2ccc(OC)cc2)NC(=O)C(O)Cc2cnc[nH]2)C1. The number of carbonyl (C=O) groups is 2. The van der Waals surface area contributed by atoms with Gasteiger partial charge >= 0.3 is 0 Å². The van der Waals surface area contributed by atoms with Crippen LogP contribution >= 0.6 is 0 Å². The van der Waals surface area contributed by atoms with E-state index in [1.54, 1.807) is 18.2 Å². The summed E-state index contributed by atoms with van der Waals surface area (Å²) in [4.78, 5) is 35.3. The molecule has 208 valence electrons. The number of likely N-dealkylation sites (tertiary alicyclic amines) is 1. The van der Waals surface area contributed by atoms with Crippen molar-refractivity contribution in [2.24, 2.45) is 0 Å². The predicted molar refractivity (Wildman–Crippen MR) is 147 cm³/mol. The van der Waals surface area contributed by atoms with Gasteiger partial charge in [0.1, 0.15) is 23.5 Å². The van der Waals surface area contributed by atoms with Gasteiger partial charge in [0.2, 0.25) is 11.8 Å². The zero-order valence-electron chi connectivity index (χ0n) is 22.9. The zero-order valence-corrected chi connectivity index (χ0v) is 22.9. The molecule has 0 radical (unpaired) electrons. The van der Waals surface area contributed by atoms with Crippen LogP contribution in [0.15, 0.2) is 61.1 Å². The fourth-order valence-corrected chi connectivity index (χ4v) is 4.94. The van der Waals surface area contributed by atoms with E-state index in [1.807, 2.05) is 36.4 Å². The molecule has 2 atom stereocenters. The summed E-state index contributed by atoms with van der Waals surface area (Å²) in [6.07, 6.45) is 4.02. The largest absolute Gasteiger partial charge is 0.497 e. The van der Waals surface area contributed by atoms with Gasteiger partial charge in [-0.2, -0.15) is 0 Å². The second-order valence-corrected chi connectivity index (χ2v) is 10.1. The first-order chi connectivity index (χ1) is 18.8. The second-order valence-electron chi connectivity index (χ2n) is 10.1. The molecule has 1 saturated heterocycles. The Hall–Kier alpha value is -3.69. The molecule has 0 saturated carbocycles. The molecule has 0 bridgehead atoms. The Balaban J connectivity index is 1.51. The van der Waals surface area contributed by atoms with Crippen LogP contribution in [0, 0.1) is 6.92 Å². The maximum absolute atomic E-state index is 13.8. The van der Waals surface area contributed by atoms with Crippen molar-refractivity contribution in [2.45, 2.75) is 57.3 Å². The van der Waals surface area contributed by atoms with E-state index in [-0.39, 0.29) is 18.7 Å². The van der Waals surface area contributed by atoms with Crippen LogP contribution in [0.2, 0.25) is 0 Å². The van der Waals surface area contributed by atoms with Gasteiger partial charge in [-0.15, -0.1) is 0 Å². The molecule has 2 aromatic carbocycles. The minimum atomic E-state index is -1.32. The summed E-state index contributed by atoms with van der Waals surface area (Å²) in [5.74, 6) is -0.117. The van der Waals surface area contributed by atoms with Crippen molar-refractivity contribution in [3.8, 4) is 5.75 Å². The summed E-state index contributed by atoms with van der Waals surface area (Å²) < 4.78 is 11.7. The maximum atomic E-state index is 13.8. The number of unbranched alkanes of at least 4 members (excludes halogenated alkanes) is 1. The molecule has 2 unspecified atom stereocenters. The van der Waals surface area contributed by atoms with E-state index < -0.39 is 23.7 Å². The number of hydrogen-bond acceptors (Lipinski definition) is 6. The third kappa shape index (κ3) is 6.85. The molecule has 2 amide bonds. The average Bonchev–Trinajstić information content (AvgIpc) is 3.43. The van der Waals surface area contributed by atoms with Crippen LogP contribution in [0.4, 0.5) is 0 Å². The highest BCUT2D eigenvalue weighted by atomic mass is 16.5. The van der Waals surface area contributed by atoms with E-state index in [4.69, 9.17) is 9.47 Å². The third-order valence-electron chi connectivity index (χ3n) is 7.20. The molecule has 4 rings (SSSR count). The van der Waals surface area contributed by atoms with E-state index >= 15 is 0 Å². The van der Waals surface area contributed by atoms with Gasteiger partial charge in [0.25, 0.3) is 0 Å². The number of benzene rings is 2. The van der Waals surface area contributed by atoms with Crippen LogP contribution in [0.3, 0.4) is 0 Å². The quantitative estimate of drug-likeness (QED) is 0.291. The lowest BCUT2D eigenvalue weighted by Gasteiger charge is -2.51. The van der Waals surface area contributed by atoms with E-state index in [0.29, 0.717) is 31.1 Å². The highest BCUT2D eigenvalue weighted by molar-refractivity contribution is 5.90. The summed E-state index contributed by atoms with van der Waals surface area (Å²) in [5.41, 5.74) is 3.11. The van der Waals surface area contributed by atoms with Crippen molar-refractivity contribution >= 4 is 11.8 Å². The first-order valence-corrected chi connectivity index (χ1v) is 13.4. The molecule has 9 heteroatoms. The predicted octanol–water partition coefficient (Wildman–Crippen LogP) is 2.91.